The number of ether oxygens (including phenoxy) is 1. The molecule has 0 unspecified atom stereocenters. The molecule has 28 heavy (non-hydrogen) atoms. The number of halogens is 1. The molecule has 0 aliphatic carbocycles. The maximum atomic E-state index is 12.3. The van der Waals surface area contributed by atoms with E-state index in [4.69, 9.17) is 20.8 Å². The number of hydrogen-bond acceptors (Lipinski definition) is 4. The van der Waals surface area contributed by atoms with Crippen LogP contribution in [0.1, 0.15) is 26.2 Å². The Hall–Kier alpha value is -1.83. The molecule has 0 bridgehead atoms. The predicted octanol–water partition coefficient (Wildman–Crippen LogP) is 4.31. The maximum Gasteiger partial charge on any atom is 0.326 e. The number of carbonyl (C=O) groups is 2. The van der Waals surface area contributed by atoms with Crippen LogP contribution in [0.5, 0.6) is 5.75 Å². The molecule has 1 amide bonds. The summed E-state index contributed by atoms with van der Waals surface area (Å²) in [7, 11) is -1.80. The predicted molar refractivity (Wildman–Crippen MR) is 111 cm³/mol. The summed E-state index contributed by atoms with van der Waals surface area (Å²) in [5, 5.41) is 10.0. The Morgan fingerprint density at radius 2 is 2.07 bits per heavy atom. The van der Waals surface area contributed by atoms with Crippen molar-refractivity contribution in [3.05, 3.63) is 41.1 Å². The number of aliphatic carboxylic acids is 1. The van der Waals surface area contributed by atoms with Crippen LogP contribution in [-0.2, 0) is 14.0 Å². The van der Waals surface area contributed by atoms with Gasteiger partial charge in [0.2, 0.25) is 0 Å². The molecule has 1 N–H and O–H groups in total. The fraction of sp³-hybridized carbons (Fsp3) is 0.500. The van der Waals surface area contributed by atoms with Gasteiger partial charge in [0.15, 0.2) is 8.32 Å². The summed E-state index contributed by atoms with van der Waals surface area (Å²) in [6.07, 6.45) is 3.79. The van der Waals surface area contributed by atoms with Gasteiger partial charge in [0.25, 0.3) is 5.91 Å². The number of hydrogen-bond donors (Lipinski definition) is 1. The van der Waals surface area contributed by atoms with E-state index in [2.05, 4.69) is 20.0 Å². The van der Waals surface area contributed by atoms with Crippen molar-refractivity contribution >= 4 is 31.8 Å². The van der Waals surface area contributed by atoms with Crippen LogP contribution in [0.15, 0.2) is 36.1 Å². The third-order valence-electron chi connectivity index (χ3n) is 4.65. The van der Waals surface area contributed by atoms with Gasteiger partial charge in [-0.2, -0.15) is 0 Å². The van der Waals surface area contributed by atoms with Gasteiger partial charge in [-0.05, 0) is 31.3 Å². The Morgan fingerprint density at radius 3 is 2.71 bits per heavy atom. The zero-order valence-corrected chi connectivity index (χ0v) is 18.4. The molecular weight excluding hydrogens is 398 g/mol. The Balaban J connectivity index is 1.95. The molecule has 1 aromatic rings. The molecule has 0 spiro atoms. The Bertz CT molecular complexity index is 737. The van der Waals surface area contributed by atoms with Crippen molar-refractivity contribution < 1.29 is 23.9 Å². The van der Waals surface area contributed by atoms with Gasteiger partial charge < -0.3 is 19.2 Å². The van der Waals surface area contributed by atoms with E-state index in [1.807, 2.05) is 0 Å². The first-order valence-corrected chi connectivity index (χ1v) is 13.0. The number of para-hydroxylation sites is 1. The van der Waals surface area contributed by atoms with Gasteiger partial charge in [-0.15, -0.1) is 0 Å². The highest BCUT2D eigenvalue weighted by molar-refractivity contribution is 6.71. The van der Waals surface area contributed by atoms with Gasteiger partial charge in [0.1, 0.15) is 17.6 Å². The van der Waals surface area contributed by atoms with Crippen LogP contribution in [0.3, 0.4) is 0 Å². The van der Waals surface area contributed by atoms with Gasteiger partial charge in [0.05, 0.1) is 11.6 Å². The van der Waals surface area contributed by atoms with Crippen LogP contribution >= 0.6 is 11.6 Å². The van der Waals surface area contributed by atoms with Gasteiger partial charge in [0, 0.05) is 19.1 Å². The van der Waals surface area contributed by atoms with Crippen LogP contribution < -0.4 is 4.74 Å². The lowest BCUT2D eigenvalue weighted by Gasteiger charge is -2.27. The topological polar surface area (TPSA) is 76.1 Å². The van der Waals surface area contributed by atoms with Crippen molar-refractivity contribution in [3.8, 4) is 5.75 Å². The molecule has 2 rings (SSSR count). The van der Waals surface area contributed by atoms with Crippen molar-refractivity contribution in [2.75, 3.05) is 13.2 Å². The Labute approximate surface area is 172 Å². The first kappa shape index (κ1) is 22.5. The zero-order valence-electron chi connectivity index (χ0n) is 16.6. The summed E-state index contributed by atoms with van der Waals surface area (Å²) < 4.78 is 11.7. The average Bonchev–Trinajstić information content (AvgIpc) is 2.98. The number of unbranched alkanes of at least 4 members (excludes halogenated alkanes) is 1. The quantitative estimate of drug-likeness (QED) is 0.534. The number of benzene rings is 1. The molecule has 0 saturated heterocycles. The van der Waals surface area contributed by atoms with Crippen molar-refractivity contribution in [2.24, 2.45) is 0 Å². The van der Waals surface area contributed by atoms with Crippen LogP contribution in [0, 0.1) is 0 Å². The number of carboxylic acids is 1. The van der Waals surface area contributed by atoms with E-state index in [9.17, 15) is 14.7 Å². The summed E-state index contributed by atoms with van der Waals surface area (Å²) in [6, 6.07) is 7.03. The molecule has 1 aliphatic rings. The molecule has 1 heterocycles. The number of rotatable bonds is 11. The molecule has 1 aromatic carbocycles. The van der Waals surface area contributed by atoms with Gasteiger partial charge in [-0.3, -0.25) is 4.79 Å². The third-order valence-corrected chi connectivity index (χ3v) is 7.50. The normalized spacial score (nSPS) is 15.5. The number of nitrogens with zero attached hydrogens (tertiary/aromatic N) is 1. The van der Waals surface area contributed by atoms with Crippen LogP contribution in [0.2, 0.25) is 24.2 Å². The summed E-state index contributed by atoms with van der Waals surface area (Å²) in [5.41, 5.74) is 0. The first-order chi connectivity index (χ1) is 13.2. The molecule has 0 fully saturated rings. The largest absolute Gasteiger partial charge is 0.480 e. The van der Waals surface area contributed by atoms with Crippen molar-refractivity contribution in [3.63, 3.8) is 0 Å². The molecular formula is C20H28ClNO5Si. The minimum absolute atomic E-state index is 0.0949. The van der Waals surface area contributed by atoms with Crippen molar-refractivity contribution in [1.29, 1.82) is 0 Å². The Morgan fingerprint density at radius 1 is 1.36 bits per heavy atom. The first-order valence-electron chi connectivity index (χ1n) is 9.54. The summed E-state index contributed by atoms with van der Waals surface area (Å²) in [5.74, 6) is -0.610. The molecule has 8 heteroatoms. The number of carboxylic acid groups (broad SMARTS) is 1. The lowest BCUT2D eigenvalue weighted by Crippen LogP contribution is -2.44. The van der Waals surface area contributed by atoms with E-state index < -0.39 is 20.3 Å². The van der Waals surface area contributed by atoms with Crippen LogP contribution in [0.25, 0.3) is 0 Å². The third kappa shape index (κ3) is 6.36. The summed E-state index contributed by atoms with van der Waals surface area (Å²) in [4.78, 5) is 25.4. The van der Waals surface area contributed by atoms with E-state index in [-0.39, 0.29) is 18.9 Å². The summed E-state index contributed by atoms with van der Waals surface area (Å²) >= 11 is 6.08. The van der Waals surface area contributed by atoms with Crippen molar-refractivity contribution in [2.45, 2.75) is 51.4 Å². The summed E-state index contributed by atoms with van der Waals surface area (Å²) in [6.45, 7) is 6.83. The van der Waals surface area contributed by atoms with E-state index in [0.717, 1.165) is 18.9 Å². The standard InChI is InChI=1S/C20H28ClNO5Si/c1-4-5-12-28(2,3)26-11-10-17(20(24)25)22-14-15(13-19(22)23)27-18-9-7-6-8-16(18)21/h6-9,13,17H,4-5,10-12,14H2,1-3H3,(H,24,25)/t17-/m0/s1. The molecule has 6 nitrogen and oxygen atoms in total. The lowest BCUT2D eigenvalue weighted by atomic mass is 10.2. The fourth-order valence-corrected chi connectivity index (χ4v) is 5.23. The highest BCUT2D eigenvalue weighted by Crippen LogP contribution is 2.27. The highest BCUT2D eigenvalue weighted by Gasteiger charge is 2.34. The second-order valence-electron chi connectivity index (χ2n) is 7.46. The minimum atomic E-state index is -1.80. The van der Waals surface area contributed by atoms with Gasteiger partial charge in [-0.25, -0.2) is 4.79 Å². The lowest BCUT2D eigenvalue weighted by molar-refractivity contribution is -0.148. The van der Waals surface area contributed by atoms with E-state index in [1.165, 1.54) is 11.0 Å². The van der Waals surface area contributed by atoms with Crippen LogP contribution in [-0.4, -0.2) is 49.4 Å². The maximum absolute atomic E-state index is 12.3. The van der Waals surface area contributed by atoms with Gasteiger partial charge >= 0.3 is 5.97 Å². The molecule has 1 atom stereocenters. The monoisotopic (exact) mass is 425 g/mol. The molecule has 0 radical (unpaired) electrons. The molecule has 154 valence electrons. The highest BCUT2D eigenvalue weighted by atomic mass is 35.5. The Kier molecular flexibility index (Phi) is 8.09. The van der Waals surface area contributed by atoms with E-state index in [0.29, 0.717) is 23.1 Å². The SMILES string of the molecule is CCCC[Si](C)(C)OCC[C@@H](C(=O)O)N1CC(Oc2ccccc2Cl)=CC1=O. The fourth-order valence-electron chi connectivity index (χ4n) is 3.04. The van der Waals surface area contributed by atoms with E-state index in [1.54, 1.807) is 24.3 Å². The molecule has 1 aliphatic heterocycles. The van der Waals surface area contributed by atoms with Gasteiger partial charge in [-0.1, -0.05) is 43.5 Å². The van der Waals surface area contributed by atoms with E-state index >= 15 is 0 Å². The zero-order chi connectivity index (χ0) is 20.7. The second-order valence-corrected chi connectivity index (χ2v) is 12.2. The number of carbonyl (C=O) groups excluding carboxylic acids is 1. The van der Waals surface area contributed by atoms with Crippen molar-refractivity contribution in [1.82, 2.24) is 4.90 Å². The van der Waals surface area contributed by atoms with Crippen LogP contribution in [0.4, 0.5) is 0 Å². The average molecular weight is 426 g/mol. The smallest absolute Gasteiger partial charge is 0.326 e. The second kappa shape index (κ2) is 10.1. The minimum Gasteiger partial charge on any atom is -0.480 e. The molecule has 0 aromatic heterocycles. The molecule has 0 saturated carbocycles. The number of amides is 1.